The lowest BCUT2D eigenvalue weighted by atomic mass is 9.91. The normalized spacial score (nSPS) is 26.1. The van der Waals surface area contributed by atoms with Crippen LogP contribution in [0.25, 0.3) is 0 Å². The molecule has 31 heavy (non-hydrogen) atoms. The van der Waals surface area contributed by atoms with Crippen LogP contribution in [-0.2, 0) is 15.9 Å². The van der Waals surface area contributed by atoms with Gasteiger partial charge < -0.3 is 29.5 Å². The van der Waals surface area contributed by atoms with Crippen LogP contribution in [-0.4, -0.2) is 59.6 Å². The van der Waals surface area contributed by atoms with Crippen molar-refractivity contribution >= 4 is 11.6 Å². The van der Waals surface area contributed by atoms with E-state index >= 15 is 0 Å². The molecule has 0 bridgehead atoms. The van der Waals surface area contributed by atoms with Gasteiger partial charge in [-0.3, -0.25) is 0 Å². The number of ether oxygens (including phenoxy) is 3. The van der Waals surface area contributed by atoms with E-state index in [4.69, 9.17) is 25.8 Å². The Morgan fingerprint density at radius 2 is 1.81 bits per heavy atom. The Hall–Kier alpha value is -1.67. The van der Waals surface area contributed by atoms with Crippen LogP contribution in [0.3, 0.4) is 0 Å². The van der Waals surface area contributed by atoms with Crippen molar-refractivity contribution in [3.63, 3.8) is 0 Å². The molecule has 0 spiro atoms. The summed E-state index contributed by atoms with van der Waals surface area (Å²) in [6.07, 6.45) is 0.330. The van der Waals surface area contributed by atoms with Crippen molar-refractivity contribution in [1.29, 1.82) is 0 Å². The molecular formula is C24H29ClO6. The Morgan fingerprint density at radius 1 is 1.03 bits per heavy atom. The summed E-state index contributed by atoms with van der Waals surface area (Å²) in [5, 5.41) is 30.5. The van der Waals surface area contributed by atoms with Crippen molar-refractivity contribution in [3.8, 4) is 5.75 Å². The first kappa shape index (κ1) is 22.5. The topological polar surface area (TPSA) is 88.4 Å². The molecule has 0 radical (unpaired) electrons. The van der Waals surface area contributed by atoms with Crippen LogP contribution < -0.4 is 4.74 Å². The lowest BCUT2D eigenvalue weighted by molar-refractivity contribution is -0.179. The lowest BCUT2D eigenvalue weighted by Crippen LogP contribution is -2.44. The van der Waals surface area contributed by atoms with Crippen molar-refractivity contribution in [2.75, 3.05) is 19.8 Å². The second-order valence-electron chi connectivity index (χ2n) is 8.25. The van der Waals surface area contributed by atoms with Gasteiger partial charge in [0.25, 0.3) is 0 Å². The first-order valence-corrected chi connectivity index (χ1v) is 11.2. The van der Waals surface area contributed by atoms with Gasteiger partial charge in [-0.2, -0.15) is 0 Å². The van der Waals surface area contributed by atoms with E-state index in [1.807, 2.05) is 30.3 Å². The summed E-state index contributed by atoms with van der Waals surface area (Å²) >= 11 is 6.42. The van der Waals surface area contributed by atoms with E-state index in [1.165, 1.54) is 0 Å². The van der Waals surface area contributed by atoms with Gasteiger partial charge >= 0.3 is 0 Å². The van der Waals surface area contributed by atoms with E-state index in [2.05, 4.69) is 0 Å². The summed E-state index contributed by atoms with van der Waals surface area (Å²) in [6.45, 7) is 0.936. The maximum atomic E-state index is 10.4. The molecule has 2 fully saturated rings. The predicted octanol–water partition coefficient (Wildman–Crippen LogP) is 3.03. The molecular weight excluding hydrogens is 420 g/mol. The average molecular weight is 449 g/mol. The van der Waals surface area contributed by atoms with E-state index in [0.717, 1.165) is 35.3 Å². The summed E-state index contributed by atoms with van der Waals surface area (Å²) in [5.41, 5.74) is 2.68. The highest BCUT2D eigenvalue weighted by Gasteiger charge is 2.37. The van der Waals surface area contributed by atoms with Crippen LogP contribution in [0.4, 0.5) is 0 Å². The Morgan fingerprint density at radius 3 is 2.52 bits per heavy atom. The van der Waals surface area contributed by atoms with Crippen LogP contribution in [0.5, 0.6) is 5.75 Å². The monoisotopic (exact) mass is 448 g/mol. The number of benzene rings is 2. The second kappa shape index (κ2) is 10.3. The minimum atomic E-state index is -1.06. The van der Waals surface area contributed by atoms with E-state index in [9.17, 15) is 15.3 Å². The molecule has 6 nitrogen and oxygen atoms in total. The molecule has 1 saturated heterocycles. The largest absolute Gasteiger partial charge is 0.491 e. The highest BCUT2D eigenvalue weighted by atomic mass is 35.5. The van der Waals surface area contributed by atoms with E-state index in [0.29, 0.717) is 30.8 Å². The quantitative estimate of drug-likeness (QED) is 0.511. The molecule has 7 heteroatoms. The molecule has 3 N–H and O–H groups in total. The van der Waals surface area contributed by atoms with E-state index < -0.39 is 24.4 Å². The van der Waals surface area contributed by atoms with Crippen LogP contribution in [0, 0.1) is 0 Å². The molecule has 168 valence electrons. The summed E-state index contributed by atoms with van der Waals surface area (Å²) in [4.78, 5) is 0. The number of halogens is 1. The molecule has 1 saturated carbocycles. The fourth-order valence-corrected chi connectivity index (χ4v) is 3.97. The molecule has 1 heterocycles. The highest BCUT2D eigenvalue weighted by molar-refractivity contribution is 6.31. The highest BCUT2D eigenvalue weighted by Crippen LogP contribution is 2.34. The Bertz CT molecular complexity index is 854. The number of hydrogen-bond donors (Lipinski definition) is 3. The SMILES string of the molecule is OC[C@@H]1C[C@H](O)[C@@H](O)[C@H](c2ccc(Cl)c(Cc3ccc(OCCOC4CC4)cc3)c2)O1. The fourth-order valence-electron chi connectivity index (χ4n) is 3.79. The zero-order valence-electron chi connectivity index (χ0n) is 17.3. The number of rotatable bonds is 9. The standard InChI is InChI=1S/C24H29ClO6/c25-21-8-3-16(24-23(28)22(27)13-20(14-26)31-24)12-17(21)11-15-1-4-18(5-2-15)29-9-10-30-19-6-7-19/h1-5,8,12,19-20,22-24,26-28H,6-7,9-11,13-14H2/t20-,22-,23+,24-/m0/s1. The zero-order chi connectivity index (χ0) is 21.8. The predicted molar refractivity (Wildman–Crippen MR) is 116 cm³/mol. The maximum absolute atomic E-state index is 10.4. The molecule has 1 aliphatic heterocycles. The molecule has 2 aromatic carbocycles. The van der Waals surface area contributed by atoms with Crippen molar-refractivity contribution in [3.05, 3.63) is 64.2 Å². The summed E-state index contributed by atoms with van der Waals surface area (Å²) < 4.78 is 17.1. The van der Waals surface area contributed by atoms with Crippen molar-refractivity contribution in [2.24, 2.45) is 0 Å². The van der Waals surface area contributed by atoms with E-state index in [1.54, 1.807) is 12.1 Å². The van der Waals surface area contributed by atoms with Crippen molar-refractivity contribution in [2.45, 2.75) is 56.2 Å². The second-order valence-corrected chi connectivity index (χ2v) is 8.65. The van der Waals surface area contributed by atoms with Crippen LogP contribution in [0.15, 0.2) is 42.5 Å². The molecule has 0 amide bonds. The zero-order valence-corrected chi connectivity index (χ0v) is 18.1. The van der Waals surface area contributed by atoms with Gasteiger partial charge in [0.05, 0.1) is 31.5 Å². The fraction of sp³-hybridized carbons (Fsp3) is 0.500. The minimum Gasteiger partial charge on any atom is -0.491 e. The molecule has 2 aromatic rings. The van der Waals surface area contributed by atoms with Crippen molar-refractivity contribution in [1.82, 2.24) is 0 Å². The van der Waals surface area contributed by atoms with Crippen LogP contribution in [0.2, 0.25) is 5.02 Å². The lowest BCUT2D eigenvalue weighted by Gasteiger charge is -2.37. The van der Waals surface area contributed by atoms with Crippen molar-refractivity contribution < 1.29 is 29.5 Å². The molecule has 4 rings (SSSR count). The molecule has 0 aromatic heterocycles. The Labute approximate surface area is 187 Å². The first-order chi connectivity index (χ1) is 15.0. The molecule has 2 aliphatic rings. The van der Waals surface area contributed by atoms with Gasteiger partial charge in [0.2, 0.25) is 0 Å². The van der Waals surface area contributed by atoms with Gasteiger partial charge in [-0.25, -0.2) is 0 Å². The third kappa shape index (κ3) is 5.98. The smallest absolute Gasteiger partial charge is 0.119 e. The van der Waals surface area contributed by atoms with Gasteiger partial charge in [0, 0.05) is 11.4 Å². The third-order valence-electron chi connectivity index (χ3n) is 5.70. The maximum Gasteiger partial charge on any atom is 0.119 e. The van der Waals surface area contributed by atoms with Gasteiger partial charge in [0.1, 0.15) is 24.6 Å². The average Bonchev–Trinajstić information content (AvgIpc) is 3.60. The van der Waals surface area contributed by atoms with Gasteiger partial charge in [-0.15, -0.1) is 0 Å². The number of aliphatic hydroxyl groups is 3. The Balaban J connectivity index is 1.40. The minimum absolute atomic E-state index is 0.204. The van der Waals surface area contributed by atoms with Gasteiger partial charge in [0.15, 0.2) is 0 Å². The summed E-state index contributed by atoms with van der Waals surface area (Å²) in [6, 6.07) is 13.3. The van der Waals surface area contributed by atoms with Gasteiger partial charge in [-0.05, 0) is 54.2 Å². The summed E-state index contributed by atoms with van der Waals surface area (Å²) in [5.74, 6) is 0.797. The molecule has 1 aliphatic carbocycles. The third-order valence-corrected chi connectivity index (χ3v) is 6.07. The Kier molecular flexibility index (Phi) is 7.48. The van der Waals surface area contributed by atoms with Gasteiger partial charge in [-0.1, -0.05) is 35.9 Å². The molecule has 4 atom stereocenters. The molecule has 0 unspecified atom stereocenters. The summed E-state index contributed by atoms with van der Waals surface area (Å²) in [7, 11) is 0. The number of hydrogen-bond acceptors (Lipinski definition) is 6. The van der Waals surface area contributed by atoms with Crippen LogP contribution >= 0.6 is 11.6 Å². The van der Waals surface area contributed by atoms with Crippen LogP contribution in [0.1, 0.15) is 42.1 Å². The number of aliphatic hydroxyl groups excluding tert-OH is 3. The first-order valence-electron chi connectivity index (χ1n) is 10.8. The van der Waals surface area contributed by atoms with E-state index in [-0.39, 0.29) is 13.0 Å².